The fourth-order valence-electron chi connectivity index (χ4n) is 1.44. The monoisotopic (exact) mass is 185 g/mol. The Morgan fingerprint density at radius 2 is 2.38 bits per heavy atom. The van der Waals surface area contributed by atoms with E-state index in [-0.39, 0.29) is 17.8 Å². The lowest BCUT2D eigenvalue weighted by molar-refractivity contribution is -0.141. The van der Waals surface area contributed by atoms with Crippen molar-refractivity contribution in [2.75, 3.05) is 13.7 Å². The molecule has 74 valence electrons. The van der Waals surface area contributed by atoms with E-state index >= 15 is 0 Å². The van der Waals surface area contributed by atoms with Crippen LogP contribution in [-0.4, -0.2) is 31.4 Å². The first kappa shape index (κ1) is 10.2. The van der Waals surface area contributed by atoms with Crippen LogP contribution in [0, 0.1) is 0 Å². The number of rotatable bonds is 2. The van der Waals surface area contributed by atoms with E-state index in [0.29, 0.717) is 25.8 Å². The Bertz CT molecular complexity index is 203. The quantitative estimate of drug-likeness (QED) is 0.627. The van der Waals surface area contributed by atoms with Crippen molar-refractivity contribution >= 4 is 11.8 Å². The Labute approximate surface area is 77.6 Å². The van der Waals surface area contributed by atoms with E-state index in [1.807, 2.05) is 0 Å². The molecule has 0 spiro atoms. The average molecular weight is 185 g/mol. The molecule has 1 saturated heterocycles. The zero-order chi connectivity index (χ0) is 9.68. The number of Topliss-reactive ketones (excluding diaryl/α,β-unsaturated/α-hetero) is 1. The van der Waals surface area contributed by atoms with Crippen LogP contribution < -0.4 is 5.32 Å². The molecular weight excluding hydrogens is 170 g/mol. The lowest BCUT2D eigenvalue weighted by Crippen LogP contribution is -2.30. The molecule has 0 radical (unpaired) electrons. The summed E-state index contributed by atoms with van der Waals surface area (Å²) < 4.78 is 4.56. The number of esters is 1. The Balaban J connectivity index is 2.33. The first-order valence-electron chi connectivity index (χ1n) is 4.54. The summed E-state index contributed by atoms with van der Waals surface area (Å²) in [4.78, 5) is 22.0. The Morgan fingerprint density at radius 1 is 1.62 bits per heavy atom. The molecule has 4 heteroatoms. The molecule has 1 fully saturated rings. The smallest absolute Gasteiger partial charge is 0.307 e. The molecule has 0 aromatic carbocycles. The number of hydrogen-bond donors (Lipinski definition) is 1. The summed E-state index contributed by atoms with van der Waals surface area (Å²) >= 11 is 0. The Morgan fingerprint density at radius 3 is 3.08 bits per heavy atom. The van der Waals surface area contributed by atoms with Gasteiger partial charge < -0.3 is 10.1 Å². The SMILES string of the molecule is COC(=O)C[C@@H]1CCC(=O)CCN1. The van der Waals surface area contributed by atoms with Gasteiger partial charge in [0.15, 0.2) is 0 Å². The molecule has 0 aromatic heterocycles. The number of nitrogens with one attached hydrogen (secondary N) is 1. The van der Waals surface area contributed by atoms with E-state index in [9.17, 15) is 9.59 Å². The highest BCUT2D eigenvalue weighted by Gasteiger charge is 2.18. The molecule has 0 unspecified atom stereocenters. The Kier molecular flexibility index (Phi) is 3.89. The molecule has 0 amide bonds. The minimum absolute atomic E-state index is 0.110. The van der Waals surface area contributed by atoms with Crippen LogP contribution in [0.15, 0.2) is 0 Å². The van der Waals surface area contributed by atoms with Crippen LogP contribution in [-0.2, 0) is 14.3 Å². The van der Waals surface area contributed by atoms with E-state index in [2.05, 4.69) is 10.1 Å². The molecule has 13 heavy (non-hydrogen) atoms. The summed E-state index contributed by atoms with van der Waals surface area (Å²) in [6.07, 6.45) is 2.27. The molecular formula is C9H15NO3. The van der Waals surface area contributed by atoms with Crippen molar-refractivity contribution in [2.45, 2.75) is 31.7 Å². The van der Waals surface area contributed by atoms with Gasteiger partial charge in [0.25, 0.3) is 0 Å². The third-order valence-electron chi connectivity index (χ3n) is 2.25. The minimum atomic E-state index is -0.216. The van der Waals surface area contributed by atoms with Crippen molar-refractivity contribution in [2.24, 2.45) is 0 Å². The Hall–Kier alpha value is -0.900. The summed E-state index contributed by atoms with van der Waals surface area (Å²) in [5.41, 5.74) is 0. The molecule has 1 heterocycles. The van der Waals surface area contributed by atoms with Crippen molar-refractivity contribution in [1.29, 1.82) is 0 Å². The van der Waals surface area contributed by atoms with Crippen molar-refractivity contribution in [3.05, 3.63) is 0 Å². The first-order valence-corrected chi connectivity index (χ1v) is 4.54. The van der Waals surface area contributed by atoms with Gasteiger partial charge in [0.1, 0.15) is 5.78 Å². The summed E-state index contributed by atoms with van der Waals surface area (Å²) in [6.45, 7) is 0.681. The normalized spacial score (nSPS) is 23.8. The van der Waals surface area contributed by atoms with Crippen LogP contribution in [0.5, 0.6) is 0 Å². The minimum Gasteiger partial charge on any atom is -0.469 e. The van der Waals surface area contributed by atoms with Crippen LogP contribution in [0.4, 0.5) is 0 Å². The zero-order valence-electron chi connectivity index (χ0n) is 7.84. The van der Waals surface area contributed by atoms with Gasteiger partial charge in [-0.1, -0.05) is 0 Å². The molecule has 0 aliphatic carbocycles. The number of ether oxygens (including phenoxy) is 1. The van der Waals surface area contributed by atoms with Crippen LogP contribution in [0.2, 0.25) is 0 Å². The second-order valence-electron chi connectivity index (χ2n) is 3.26. The second kappa shape index (κ2) is 4.97. The van der Waals surface area contributed by atoms with Gasteiger partial charge in [-0.2, -0.15) is 0 Å². The van der Waals surface area contributed by atoms with E-state index in [0.717, 1.165) is 6.42 Å². The molecule has 0 aromatic rings. The van der Waals surface area contributed by atoms with Crippen LogP contribution in [0.3, 0.4) is 0 Å². The topological polar surface area (TPSA) is 55.4 Å². The van der Waals surface area contributed by atoms with Gasteiger partial charge in [0.2, 0.25) is 0 Å². The van der Waals surface area contributed by atoms with E-state index < -0.39 is 0 Å². The van der Waals surface area contributed by atoms with Gasteiger partial charge in [-0.05, 0) is 6.42 Å². The fourth-order valence-corrected chi connectivity index (χ4v) is 1.44. The highest BCUT2D eigenvalue weighted by Crippen LogP contribution is 2.08. The lowest BCUT2D eigenvalue weighted by atomic mass is 10.1. The van der Waals surface area contributed by atoms with Crippen LogP contribution >= 0.6 is 0 Å². The summed E-state index contributed by atoms with van der Waals surface area (Å²) in [7, 11) is 1.38. The molecule has 0 bridgehead atoms. The predicted octanol–water partition coefficient (Wildman–Crippen LogP) is 0.261. The van der Waals surface area contributed by atoms with Crippen molar-refractivity contribution in [3.8, 4) is 0 Å². The molecule has 4 nitrogen and oxygen atoms in total. The van der Waals surface area contributed by atoms with Crippen LogP contribution in [0.1, 0.15) is 25.7 Å². The van der Waals surface area contributed by atoms with Crippen LogP contribution in [0.25, 0.3) is 0 Å². The van der Waals surface area contributed by atoms with Gasteiger partial charge in [-0.25, -0.2) is 0 Å². The predicted molar refractivity (Wildman–Crippen MR) is 47.3 cm³/mol. The second-order valence-corrected chi connectivity index (χ2v) is 3.26. The molecule has 0 saturated carbocycles. The van der Waals surface area contributed by atoms with Crippen molar-refractivity contribution in [1.82, 2.24) is 5.32 Å². The fraction of sp³-hybridized carbons (Fsp3) is 0.778. The van der Waals surface area contributed by atoms with E-state index in [1.165, 1.54) is 7.11 Å². The maximum Gasteiger partial charge on any atom is 0.307 e. The molecule has 1 atom stereocenters. The highest BCUT2D eigenvalue weighted by molar-refractivity contribution is 5.79. The number of carbonyl (C=O) groups is 2. The lowest BCUT2D eigenvalue weighted by Gasteiger charge is -2.12. The highest BCUT2D eigenvalue weighted by atomic mass is 16.5. The molecule has 1 aliphatic rings. The standard InChI is InChI=1S/C9H15NO3/c1-13-9(12)6-7-2-3-8(11)4-5-10-7/h7,10H,2-6H2,1H3/t7-/m0/s1. The molecule has 1 N–H and O–H groups in total. The number of methoxy groups -OCH3 is 1. The van der Waals surface area contributed by atoms with Crippen molar-refractivity contribution < 1.29 is 14.3 Å². The number of ketones is 1. The summed E-state index contributed by atoms with van der Waals surface area (Å²) in [5.74, 6) is 0.0618. The van der Waals surface area contributed by atoms with Gasteiger partial charge in [0, 0.05) is 25.4 Å². The summed E-state index contributed by atoms with van der Waals surface area (Å²) in [6, 6.07) is 0.110. The van der Waals surface area contributed by atoms with Gasteiger partial charge >= 0.3 is 5.97 Å². The average Bonchev–Trinajstić information content (AvgIpc) is 2.31. The molecule has 1 aliphatic heterocycles. The van der Waals surface area contributed by atoms with E-state index in [4.69, 9.17) is 0 Å². The number of carbonyl (C=O) groups excluding carboxylic acids is 2. The maximum atomic E-state index is 11.0. The van der Waals surface area contributed by atoms with Gasteiger partial charge in [0.05, 0.1) is 13.5 Å². The zero-order valence-corrected chi connectivity index (χ0v) is 7.84. The first-order chi connectivity index (χ1) is 6.22. The number of hydrogen-bond acceptors (Lipinski definition) is 4. The molecule has 1 rings (SSSR count). The van der Waals surface area contributed by atoms with E-state index in [1.54, 1.807) is 0 Å². The third-order valence-corrected chi connectivity index (χ3v) is 2.25. The van der Waals surface area contributed by atoms with Crippen molar-refractivity contribution in [3.63, 3.8) is 0 Å². The van der Waals surface area contributed by atoms with Gasteiger partial charge in [-0.3, -0.25) is 9.59 Å². The van der Waals surface area contributed by atoms with Gasteiger partial charge in [-0.15, -0.1) is 0 Å². The summed E-state index contributed by atoms with van der Waals surface area (Å²) in [5, 5.41) is 3.16. The third kappa shape index (κ3) is 3.55. The largest absolute Gasteiger partial charge is 0.469 e. The maximum absolute atomic E-state index is 11.0.